The number of anilines is 1. The first kappa shape index (κ1) is 19.8. The number of amides is 1. The molecule has 1 fully saturated rings. The highest BCUT2D eigenvalue weighted by Crippen LogP contribution is 2.40. The third kappa shape index (κ3) is 4.56. The van der Waals surface area contributed by atoms with Crippen LogP contribution in [0.3, 0.4) is 0 Å². The van der Waals surface area contributed by atoms with Crippen LogP contribution in [-0.2, 0) is 11.3 Å². The second kappa shape index (κ2) is 8.45. The number of carbonyl (C=O) groups excluding carboxylic acids is 1. The van der Waals surface area contributed by atoms with Crippen LogP contribution in [-0.4, -0.2) is 26.4 Å². The number of nitrogens with zero attached hydrogens (tertiary/aromatic N) is 3. The van der Waals surface area contributed by atoms with Crippen molar-refractivity contribution in [3.63, 3.8) is 0 Å². The number of hydrogen-bond acceptors (Lipinski definition) is 5. The molecule has 4 rings (SSSR count). The van der Waals surface area contributed by atoms with Crippen molar-refractivity contribution in [3.8, 4) is 0 Å². The summed E-state index contributed by atoms with van der Waals surface area (Å²) in [4.78, 5) is 12.7. The van der Waals surface area contributed by atoms with Crippen molar-refractivity contribution in [3.05, 3.63) is 59.3 Å². The fourth-order valence-electron chi connectivity index (χ4n) is 3.41. The Bertz CT molecular complexity index is 990. The zero-order valence-electron chi connectivity index (χ0n) is 17.0. The molecule has 2 aromatic heterocycles. The maximum absolute atomic E-state index is 12.7. The van der Waals surface area contributed by atoms with Gasteiger partial charge in [-0.25, -0.2) is 0 Å². The topological polar surface area (TPSA) is 73.0 Å². The number of benzene rings is 1. The van der Waals surface area contributed by atoms with Gasteiger partial charge < -0.3 is 9.73 Å². The second-order valence-electron chi connectivity index (χ2n) is 7.81. The van der Waals surface area contributed by atoms with E-state index in [1.54, 1.807) is 6.26 Å². The van der Waals surface area contributed by atoms with Gasteiger partial charge in [0.15, 0.2) is 5.16 Å². The molecular formula is C22H26N4O2S. The lowest BCUT2D eigenvalue weighted by Gasteiger charge is -2.16. The minimum atomic E-state index is -0.0354. The van der Waals surface area contributed by atoms with E-state index in [1.165, 1.54) is 11.8 Å². The number of carbonyl (C=O) groups is 1. The normalized spacial score (nSPS) is 13.8. The van der Waals surface area contributed by atoms with Gasteiger partial charge in [0.05, 0.1) is 18.6 Å². The predicted octanol–water partition coefficient (Wildman–Crippen LogP) is 4.96. The van der Waals surface area contributed by atoms with Crippen molar-refractivity contribution in [1.82, 2.24) is 14.8 Å². The smallest absolute Gasteiger partial charge is 0.234 e. The molecule has 0 saturated heterocycles. The lowest BCUT2D eigenvalue weighted by molar-refractivity contribution is -0.113. The molecule has 0 spiro atoms. The van der Waals surface area contributed by atoms with E-state index in [-0.39, 0.29) is 11.7 Å². The van der Waals surface area contributed by atoms with Crippen LogP contribution < -0.4 is 5.32 Å². The van der Waals surface area contributed by atoms with E-state index in [0.29, 0.717) is 18.4 Å². The molecule has 1 amide bonds. The van der Waals surface area contributed by atoms with Crippen LogP contribution in [0.2, 0.25) is 0 Å². The number of para-hydroxylation sites is 1. The van der Waals surface area contributed by atoms with Crippen molar-refractivity contribution in [2.75, 3.05) is 11.1 Å². The number of nitrogens with one attached hydrogen (secondary N) is 1. The van der Waals surface area contributed by atoms with E-state index in [1.807, 2.05) is 31.2 Å². The summed E-state index contributed by atoms with van der Waals surface area (Å²) in [7, 11) is 0. The van der Waals surface area contributed by atoms with Crippen LogP contribution in [0.5, 0.6) is 0 Å². The number of aryl methyl sites for hydroxylation is 1. The monoisotopic (exact) mass is 410 g/mol. The Hall–Kier alpha value is -2.54. The Morgan fingerprint density at radius 2 is 2.10 bits per heavy atom. The third-order valence-electron chi connectivity index (χ3n) is 5.11. The Morgan fingerprint density at radius 1 is 1.28 bits per heavy atom. The molecule has 3 aromatic rings. The SMILES string of the molecule is Cc1cccc(C(C)C)c1NC(=O)CSc1nnc(C2CC2)n1Cc1ccco1. The van der Waals surface area contributed by atoms with Gasteiger partial charge in [-0.3, -0.25) is 9.36 Å². The van der Waals surface area contributed by atoms with Gasteiger partial charge in [-0.05, 0) is 48.9 Å². The van der Waals surface area contributed by atoms with Crippen LogP contribution in [0.15, 0.2) is 46.2 Å². The Labute approximate surface area is 175 Å². The summed E-state index contributed by atoms with van der Waals surface area (Å²) in [5, 5.41) is 12.6. The number of furan rings is 1. The van der Waals surface area contributed by atoms with Crippen molar-refractivity contribution in [2.24, 2.45) is 0 Å². The van der Waals surface area contributed by atoms with E-state index >= 15 is 0 Å². The molecule has 0 unspecified atom stereocenters. The Balaban J connectivity index is 1.46. The summed E-state index contributed by atoms with van der Waals surface area (Å²) in [6.45, 7) is 6.88. The first-order valence-electron chi connectivity index (χ1n) is 10.0. The molecule has 1 N–H and O–H groups in total. The van der Waals surface area contributed by atoms with Gasteiger partial charge in [0, 0.05) is 11.6 Å². The number of aromatic nitrogens is 3. The lowest BCUT2D eigenvalue weighted by atomic mass is 9.98. The quantitative estimate of drug-likeness (QED) is 0.531. The molecule has 6 nitrogen and oxygen atoms in total. The first-order valence-corrected chi connectivity index (χ1v) is 11.0. The van der Waals surface area contributed by atoms with E-state index in [0.717, 1.165) is 46.4 Å². The average Bonchev–Trinajstić information content (AvgIpc) is 3.25. The largest absolute Gasteiger partial charge is 0.467 e. The van der Waals surface area contributed by atoms with Crippen molar-refractivity contribution in [2.45, 2.75) is 57.1 Å². The molecule has 0 radical (unpaired) electrons. The van der Waals surface area contributed by atoms with Crippen molar-refractivity contribution in [1.29, 1.82) is 0 Å². The molecule has 0 aliphatic heterocycles. The fraction of sp³-hybridized carbons (Fsp3) is 0.409. The number of thioether (sulfide) groups is 1. The number of hydrogen-bond donors (Lipinski definition) is 1. The van der Waals surface area contributed by atoms with E-state index in [2.05, 4.69) is 40.0 Å². The highest BCUT2D eigenvalue weighted by molar-refractivity contribution is 7.99. The maximum atomic E-state index is 12.7. The Morgan fingerprint density at radius 3 is 2.79 bits per heavy atom. The molecule has 7 heteroatoms. The minimum Gasteiger partial charge on any atom is -0.467 e. The molecule has 1 saturated carbocycles. The summed E-state index contributed by atoms with van der Waals surface area (Å²) in [6.07, 6.45) is 3.96. The van der Waals surface area contributed by atoms with Crippen LogP contribution >= 0.6 is 11.8 Å². The Kier molecular flexibility index (Phi) is 5.76. The highest BCUT2D eigenvalue weighted by Gasteiger charge is 2.30. The molecule has 0 bridgehead atoms. The molecule has 2 heterocycles. The number of rotatable bonds is 8. The van der Waals surface area contributed by atoms with Crippen molar-refractivity contribution >= 4 is 23.4 Å². The van der Waals surface area contributed by atoms with E-state index < -0.39 is 0 Å². The molecule has 1 aliphatic carbocycles. The molecule has 1 aliphatic rings. The van der Waals surface area contributed by atoms with Crippen LogP contribution in [0.4, 0.5) is 5.69 Å². The predicted molar refractivity (Wildman–Crippen MR) is 114 cm³/mol. The molecule has 29 heavy (non-hydrogen) atoms. The fourth-order valence-corrected chi connectivity index (χ4v) is 4.15. The summed E-state index contributed by atoms with van der Waals surface area (Å²) >= 11 is 1.42. The van der Waals surface area contributed by atoms with Gasteiger partial charge in [-0.1, -0.05) is 43.8 Å². The zero-order chi connectivity index (χ0) is 20.4. The highest BCUT2D eigenvalue weighted by atomic mass is 32.2. The summed E-state index contributed by atoms with van der Waals surface area (Å²) in [5.74, 6) is 2.92. The van der Waals surface area contributed by atoms with Crippen LogP contribution in [0.25, 0.3) is 0 Å². The van der Waals surface area contributed by atoms with E-state index in [4.69, 9.17) is 4.42 Å². The standard InChI is InChI=1S/C22H26N4O2S/c1-14(2)18-8-4-6-15(3)20(18)23-19(27)13-29-22-25-24-21(16-9-10-16)26(22)12-17-7-5-11-28-17/h4-8,11,14,16H,9-10,12-13H2,1-3H3,(H,23,27). The summed E-state index contributed by atoms with van der Waals surface area (Å²) < 4.78 is 7.59. The first-order chi connectivity index (χ1) is 14.0. The average molecular weight is 411 g/mol. The van der Waals surface area contributed by atoms with Crippen LogP contribution in [0.1, 0.15) is 61.2 Å². The lowest BCUT2D eigenvalue weighted by Crippen LogP contribution is -2.17. The van der Waals surface area contributed by atoms with Gasteiger partial charge >= 0.3 is 0 Å². The summed E-state index contributed by atoms with van der Waals surface area (Å²) in [5.41, 5.74) is 3.15. The van der Waals surface area contributed by atoms with Gasteiger partial charge in [-0.2, -0.15) is 0 Å². The summed E-state index contributed by atoms with van der Waals surface area (Å²) in [6, 6.07) is 9.96. The van der Waals surface area contributed by atoms with Gasteiger partial charge in [0.25, 0.3) is 0 Å². The van der Waals surface area contributed by atoms with Gasteiger partial charge in [0.1, 0.15) is 11.6 Å². The van der Waals surface area contributed by atoms with Crippen molar-refractivity contribution < 1.29 is 9.21 Å². The molecule has 1 aromatic carbocycles. The minimum absolute atomic E-state index is 0.0354. The second-order valence-corrected chi connectivity index (χ2v) is 8.75. The molecule has 152 valence electrons. The maximum Gasteiger partial charge on any atom is 0.234 e. The van der Waals surface area contributed by atoms with Gasteiger partial charge in [-0.15, -0.1) is 10.2 Å². The molecular weight excluding hydrogens is 384 g/mol. The third-order valence-corrected chi connectivity index (χ3v) is 6.07. The van der Waals surface area contributed by atoms with E-state index in [9.17, 15) is 4.79 Å². The molecule has 0 atom stereocenters. The van der Waals surface area contributed by atoms with Gasteiger partial charge in [0.2, 0.25) is 5.91 Å². The van der Waals surface area contributed by atoms with Crippen LogP contribution in [0, 0.1) is 6.92 Å². The zero-order valence-corrected chi connectivity index (χ0v) is 17.8.